The first kappa shape index (κ1) is 17.2. The van der Waals surface area contributed by atoms with Gasteiger partial charge in [0.2, 0.25) is 0 Å². The maximum Gasteiger partial charge on any atom is 0.328 e. The normalized spacial score (nSPS) is 19.7. The number of nitrogens with one attached hydrogen (secondary N) is 2. The molecule has 1 fully saturated rings. The molecular formula is C18H19N5O4. The summed E-state index contributed by atoms with van der Waals surface area (Å²) in [6.07, 6.45) is 0.512. The molecule has 1 aliphatic heterocycles. The summed E-state index contributed by atoms with van der Waals surface area (Å²) in [5, 5.41) is 10.4. The van der Waals surface area contributed by atoms with Crippen LogP contribution in [-0.4, -0.2) is 54.6 Å². The van der Waals surface area contributed by atoms with Gasteiger partial charge >= 0.3 is 5.69 Å². The lowest BCUT2D eigenvalue weighted by molar-refractivity contribution is 0.0765. The molecule has 0 radical (unpaired) electrons. The lowest BCUT2D eigenvalue weighted by Crippen LogP contribution is -2.37. The summed E-state index contributed by atoms with van der Waals surface area (Å²) >= 11 is 0. The molecular weight excluding hydrogens is 350 g/mol. The Hall–Kier alpha value is -3.20. The molecule has 2 atom stereocenters. The van der Waals surface area contributed by atoms with Gasteiger partial charge in [0.15, 0.2) is 0 Å². The number of fused-ring (bicyclic) bond motifs is 1. The highest BCUT2D eigenvalue weighted by atomic mass is 16.3. The van der Waals surface area contributed by atoms with Crippen LogP contribution in [0.25, 0.3) is 11.0 Å². The van der Waals surface area contributed by atoms with Crippen LogP contribution in [0.15, 0.2) is 34.0 Å². The Morgan fingerprint density at radius 2 is 2.00 bits per heavy atom. The van der Waals surface area contributed by atoms with Crippen LogP contribution in [0.5, 0.6) is 0 Å². The number of H-pyrrole nitrogens is 2. The summed E-state index contributed by atoms with van der Waals surface area (Å²) in [5.74, 6) is 0.527. The first-order chi connectivity index (χ1) is 12.8. The van der Waals surface area contributed by atoms with Gasteiger partial charge in [-0.15, -0.1) is 0 Å². The van der Waals surface area contributed by atoms with E-state index in [0.717, 1.165) is 16.9 Å². The number of aliphatic hydroxyl groups excluding tert-OH is 1. The molecule has 3 N–H and O–H groups in total. The summed E-state index contributed by atoms with van der Waals surface area (Å²) < 4.78 is 1.29. The van der Waals surface area contributed by atoms with Gasteiger partial charge in [0.05, 0.1) is 23.2 Å². The molecule has 3 aromatic rings. The highest BCUT2D eigenvalue weighted by Gasteiger charge is 2.36. The van der Waals surface area contributed by atoms with E-state index in [9.17, 15) is 19.5 Å². The van der Waals surface area contributed by atoms with Gasteiger partial charge < -0.3 is 15.0 Å². The Morgan fingerprint density at radius 3 is 2.78 bits per heavy atom. The second-order valence-corrected chi connectivity index (χ2v) is 6.88. The molecule has 27 heavy (non-hydrogen) atoms. The molecule has 0 saturated carbocycles. The van der Waals surface area contributed by atoms with Gasteiger partial charge in [-0.1, -0.05) is 0 Å². The number of nitrogens with zero attached hydrogens (tertiary/aromatic N) is 3. The van der Waals surface area contributed by atoms with Gasteiger partial charge in [-0.2, -0.15) is 0 Å². The summed E-state index contributed by atoms with van der Waals surface area (Å²) in [5.41, 5.74) is 1.33. The fourth-order valence-electron chi connectivity index (χ4n) is 3.49. The number of amides is 1. The van der Waals surface area contributed by atoms with E-state index >= 15 is 0 Å². The predicted octanol–water partition coefficient (Wildman–Crippen LogP) is 0.0877. The number of aryl methyl sites for hydroxylation is 2. The number of hydrogen-bond donors (Lipinski definition) is 3. The smallest absolute Gasteiger partial charge is 0.328 e. The molecule has 3 heterocycles. The number of aromatic nitrogens is 4. The number of β-amino-alcohol motifs (C(OH)–C–C–N with tert-alkyl or cyclic N) is 1. The highest BCUT2D eigenvalue weighted by molar-refractivity contribution is 5.97. The fourth-order valence-corrected chi connectivity index (χ4v) is 3.49. The second-order valence-electron chi connectivity index (χ2n) is 6.88. The minimum absolute atomic E-state index is 0.105. The Morgan fingerprint density at radius 1 is 1.22 bits per heavy atom. The van der Waals surface area contributed by atoms with Crippen molar-refractivity contribution in [1.82, 2.24) is 24.4 Å². The zero-order valence-corrected chi connectivity index (χ0v) is 14.9. The third-order valence-electron chi connectivity index (χ3n) is 4.90. The molecule has 0 unspecified atom stereocenters. The van der Waals surface area contributed by atoms with Gasteiger partial charge in [0.25, 0.3) is 11.5 Å². The van der Waals surface area contributed by atoms with E-state index in [4.69, 9.17) is 0 Å². The van der Waals surface area contributed by atoms with Crippen LogP contribution in [0.3, 0.4) is 0 Å². The van der Waals surface area contributed by atoms with Crippen molar-refractivity contribution >= 4 is 16.9 Å². The molecule has 0 aliphatic carbocycles. The topological polar surface area (TPSA) is 124 Å². The molecule has 0 bridgehead atoms. The van der Waals surface area contributed by atoms with Gasteiger partial charge in [-0.3, -0.25) is 19.1 Å². The van der Waals surface area contributed by atoms with Crippen molar-refractivity contribution in [2.45, 2.75) is 26.0 Å². The number of hydrogen-bond acceptors (Lipinski definition) is 5. The van der Waals surface area contributed by atoms with Crippen molar-refractivity contribution in [1.29, 1.82) is 0 Å². The average molecular weight is 369 g/mol. The summed E-state index contributed by atoms with van der Waals surface area (Å²) in [6, 6.07) is 4.58. The van der Waals surface area contributed by atoms with Crippen LogP contribution in [0.1, 0.15) is 27.8 Å². The molecule has 1 aliphatic rings. The first-order valence-electron chi connectivity index (χ1n) is 8.59. The van der Waals surface area contributed by atoms with Crippen molar-refractivity contribution in [3.05, 3.63) is 62.2 Å². The monoisotopic (exact) mass is 369 g/mol. The zero-order chi connectivity index (χ0) is 19.3. The van der Waals surface area contributed by atoms with Crippen molar-refractivity contribution < 1.29 is 9.90 Å². The summed E-state index contributed by atoms with van der Waals surface area (Å²) in [4.78, 5) is 47.7. The number of aliphatic hydroxyl groups is 1. The molecule has 9 nitrogen and oxygen atoms in total. The fraction of sp³-hybridized carbons (Fsp3) is 0.333. The lowest BCUT2D eigenvalue weighted by Gasteiger charge is -2.18. The Bertz CT molecular complexity index is 1160. The number of carbonyl (C=O) groups excluding carboxylic acids is 1. The van der Waals surface area contributed by atoms with Crippen molar-refractivity contribution in [3.8, 4) is 0 Å². The van der Waals surface area contributed by atoms with E-state index in [0.29, 0.717) is 11.1 Å². The molecule has 0 spiro atoms. The van der Waals surface area contributed by atoms with Gasteiger partial charge in [0.1, 0.15) is 5.82 Å². The van der Waals surface area contributed by atoms with Gasteiger partial charge in [0, 0.05) is 30.4 Å². The second kappa shape index (κ2) is 6.20. The molecule has 1 saturated heterocycles. The van der Waals surface area contributed by atoms with E-state index < -0.39 is 23.4 Å². The molecule has 9 heteroatoms. The van der Waals surface area contributed by atoms with Gasteiger partial charge in [-0.25, -0.2) is 9.78 Å². The Labute approximate surface area is 153 Å². The van der Waals surface area contributed by atoms with E-state index in [1.165, 1.54) is 15.7 Å². The summed E-state index contributed by atoms with van der Waals surface area (Å²) in [7, 11) is 0. The standard InChI is InChI=1S/C18H19N5O4/c1-9-6-23(18(27)21-16(9)25)14-7-22(8-15(14)24)17(26)11-3-4-12-13(5-11)20-10(2)19-12/h3-6,14-15,24H,7-8H2,1-2H3,(H,19,20)(H,21,25,27)/t14-,15-/m1/s1. The van der Waals surface area contributed by atoms with E-state index in [1.54, 1.807) is 25.1 Å². The highest BCUT2D eigenvalue weighted by Crippen LogP contribution is 2.23. The Balaban J connectivity index is 1.62. The number of benzene rings is 1. The first-order valence-corrected chi connectivity index (χ1v) is 8.59. The van der Waals surface area contributed by atoms with E-state index in [1.807, 2.05) is 6.92 Å². The average Bonchev–Trinajstić information content (AvgIpc) is 3.18. The predicted molar refractivity (Wildman–Crippen MR) is 97.8 cm³/mol. The van der Waals surface area contributed by atoms with E-state index in [-0.39, 0.29) is 19.0 Å². The third kappa shape index (κ3) is 2.95. The molecule has 140 valence electrons. The number of carbonyl (C=O) groups is 1. The molecule has 1 amide bonds. The number of imidazole rings is 1. The van der Waals surface area contributed by atoms with Crippen molar-refractivity contribution in [2.75, 3.05) is 13.1 Å². The largest absolute Gasteiger partial charge is 0.389 e. The minimum Gasteiger partial charge on any atom is -0.389 e. The number of rotatable bonds is 2. The number of likely N-dealkylation sites (tertiary alicyclic amines) is 1. The van der Waals surface area contributed by atoms with Crippen LogP contribution < -0.4 is 11.2 Å². The lowest BCUT2D eigenvalue weighted by atomic mass is 10.2. The van der Waals surface area contributed by atoms with E-state index in [2.05, 4.69) is 15.0 Å². The maximum atomic E-state index is 12.9. The molecule has 2 aromatic heterocycles. The van der Waals surface area contributed by atoms with Crippen LogP contribution in [0, 0.1) is 13.8 Å². The van der Waals surface area contributed by atoms with Crippen LogP contribution in [0.2, 0.25) is 0 Å². The van der Waals surface area contributed by atoms with Crippen LogP contribution >= 0.6 is 0 Å². The third-order valence-corrected chi connectivity index (χ3v) is 4.90. The van der Waals surface area contributed by atoms with Gasteiger partial charge in [-0.05, 0) is 32.0 Å². The SMILES string of the molecule is Cc1nc2ccc(C(=O)N3C[C@@H](O)[C@H](n4cc(C)c(=O)[nH]c4=O)C3)cc2[nH]1. The number of aromatic amines is 2. The zero-order valence-electron chi connectivity index (χ0n) is 14.9. The Kier molecular flexibility index (Phi) is 3.96. The van der Waals surface area contributed by atoms with Crippen molar-refractivity contribution in [3.63, 3.8) is 0 Å². The van der Waals surface area contributed by atoms with Crippen LogP contribution in [0.4, 0.5) is 0 Å². The van der Waals surface area contributed by atoms with Crippen molar-refractivity contribution in [2.24, 2.45) is 0 Å². The molecule has 4 rings (SSSR count). The summed E-state index contributed by atoms with van der Waals surface area (Å²) in [6.45, 7) is 3.70. The maximum absolute atomic E-state index is 12.9. The quantitative estimate of drug-likeness (QED) is 0.590. The molecule has 1 aromatic carbocycles. The van der Waals surface area contributed by atoms with Crippen LogP contribution in [-0.2, 0) is 0 Å². The minimum atomic E-state index is -0.907.